The van der Waals surface area contributed by atoms with Gasteiger partial charge in [0.05, 0.1) is 14.3 Å². The molecule has 1 aromatic heterocycles. The van der Waals surface area contributed by atoms with Crippen molar-refractivity contribution in [2.75, 3.05) is 11.9 Å². The minimum atomic E-state index is 0.707. The van der Waals surface area contributed by atoms with E-state index in [-0.39, 0.29) is 0 Å². The molecule has 0 saturated carbocycles. The lowest BCUT2D eigenvalue weighted by Crippen LogP contribution is -2.05. The standard InChI is InChI=1S/C13H13ClIN3S/c1-2-16-13-10(15)7-17-12(18-13)8-19-11-6-4-3-5-9(11)14/h3-7H,2,8H2,1H3,(H,16,17,18). The number of benzene rings is 1. The molecule has 0 unspecified atom stereocenters. The molecule has 0 aliphatic carbocycles. The number of hydrogen-bond donors (Lipinski definition) is 1. The van der Waals surface area contributed by atoms with Gasteiger partial charge < -0.3 is 5.32 Å². The van der Waals surface area contributed by atoms with Crippen molar-refractivity contribution < 1.29 is 0 Å². The molecule has 0 aliphatic rings. The van der Waals surface area contributed by atoms with Crippen molar-refractivity contribution >= 4 is 51.8 Å². The largest absolute Gasteiger partial charge is 0.369 e. The van der Waals surface area contributed by atoms with E-state index in [1.807, 2.05) is 30.5 Å². The van der Waals surface area contributed by atoms with Gasteiger partial charge in [-0.2, -0.15) is 0 Å². The highest BCUT2D eigenvalue weighted by Crippen LogP contribution is 2.29. The van der Waals surface area contributed by atoms with Crippen molar-refractivity contribution in [3.05, 3.63) is 44.9 Å². The van der Waals surface area contributed by atoms with E-state index in [0.29, 0.717) is 5.75 Å². The molecule has 0 atom stereocenters. The first-order valence-electron chi connectivity index (χ1n) is 5.83. The van der Waals surface area contributed by atoms with Crippen LogP contribution in [0.1, 0.15) is 12.7 Å². The summed E-state index contributed by atoms with van der Waals surface area (Å²) in [7, 11) is 0. The molecule has 0 radical (unpaired) electrons. The zero-order chi connectivity index (χ0) is 13.7. The Hall–Kier alpha value is -0.530. The molecule has 6 heteroatoms. The number of nitrogens with zero attached hydrogens (tertiary/aromatic N) is 2. The number of aromatic nitrogens is 2. The van der Waals surface area contributed by atoms with Gasteiger partial charge in [0.1, 0.15) is 11.6 Å². The van der Waals surface area contributed by atoms with Crippen molar-refractivity contribution in [1.82, 2.24) is 9.97 Å². The monoisotopic (exact) mass is 405 g/mol. The topological polar surface area (TPSA) is 37.8 Å². The van der Waals surface area contributed by atoms with E-state index in [1.54, 1.807) is 11.8 Å². The first kappa shape index (κ1) is 14.9. The Bertz CT molecular complexity index is 565. The lowest BCUT2D eigenvalue weighted by molar-refractivity contribution is 1.01. The van der Waals surface area contributed by atoms with Crippen molar-refractivity contribution in [3.8, 4) is 0 Å². The summed E-state index contributed by atoms with van der Waals surface area (Å²) in [6.45, 7) is 2.90. The molecule has 1 aromatic carbocycles. The molecule has 0 bridgehead atoms. The van der Waals surface area contributed by atoms with Crippen LogP contribution in [0.15, 0.2) is 35.4 Å². The zero-order valence-electron chi connectivity index (χ0n) is 10.4. The van der Waals surface area contributed by atoms with Gasteiger partial charge in [0.2, 0.25) is 0 Å². The highest BCUT2D eigenvalue weighted by Gasteiger charge is 2.06. The summed E-state index contributed by atoms with van der Waals surface area (Å²) < 4.78 is 1.03. The average molecular weight is 406 g/mol. The summed E-state index contributed by atoms with van der Waals surface area (Å²) in [5, 5.41) is 4.00. The van der Waals surface area contributed by atoms with Crippen LogP contribution in [0.2, 0.25) is 5.02 Å². The molecule has 0 saturated heterocycles. The molecule has 1 heterocycles. The first-order valence-corrected chi connectivity index (χ1v) is 8.27. The third kappa shape index (κ3) is 4.22. The summed E-state index contributed by atoms with van der Waals surface area (Å²) in [5.41, 5.74) is 0. The second kappa shape index (κ2) is 7.31. The van der Waals surface area contributed by atoms with Gasteiger partial charge in [-0.25, -0.2) is 9.97 Å². The number of thioether (sulfide) groups is 1. The van der Waals surface area contributed by atoms with E-state index in [4.69, 9.17) is 11.6 Å². The van der Waals surface area contributed by atoms with Crippen LogP contribution in [-0.2, 0) is 5.75 Å². The Morgan fingerprint density at radius 1 is 1.37 bits per heavy atom. The molecule has 100 valence electrons. The van der Waals surface area contributed by atoms with Crippen molar-refractivity contribution in [2.24, 2.45) is 0 Å². The molecule has 1 N–H and O–H groups in total. The molecule has 2 rings (SSSR count). The van der Waals surface area contributed by atoms with E-state index in [9.17, 15) is 0 Å². The maximum atomic E-state index is 6.12. The lowest BCUT2D eigenvalue weighted by Gasteiger charge is -2.07. The van der Waals surface area contributed by atoms with Gasteiger partial charge in [0.25, 0.3) is 0 Å². The zero-order valence-corrected chi connectivity index (χ0v) is 14.1. The molecule has 0 amide bonds. The van der Waals surface area contributed by atoms with Crippen LogP contribution >= 0.6 is 46.0 Å². The smallest absolute Gasteiger partial charge is 0.143 e. The average Bonchev–Trinajstić information content (AvgIpc) is 2.41. The van der Waals surface area contributed by atoms with E-state index in [2.05, 4.69) is 44.8 Å². The van der Waals surface area contributed by atoms with Crippen LogP contribution in [0.4, 0.5) is 5.82 Å². The van der Waals surface area contributed by atoms with Crippen molar-refractivity contribution in [3.63, 3.8) is 0 Å². The summed E-state index contributed by atoms with van der Waals surface area (Å²) in [5.74, 6) is 2.41. The summed E-state index contributed by atoms with van der Waals surface area (Å²) in [4.78, 5) is 9.91. The maximum absolute atomic E-state index is 6.12. The van der Waals surface area contributed by atoms with Gasteiger partial charge in [0.15, 0.2) is 0 Å². The van der Waals surface area contributed by atoms with Gasteiger partial charge in [-0.15, -0.1) is 11.8 Å². The van der Waals surface area contributed by atoms with Gasteiger partial charge >= 0.3 is 0 Å². The van der Waals surface area contributed by atoms with Gasteiger partial charge in [-0.05, 0) is 41.6 Å². The van der Waals surface area contributed by atoms with Gasteiger partial charge in [0, 0.05) is 17.6 Å². The Kier molecular flexibility index (Phi) is 5.72. The van der Waals surface area contributed by atoms with Crippen molar-refractivity contribution in [1.29, 1.82) is 0 Å². The Morgan fingerprint density at radius 2 is 2.16 bits per heavy atom. The number of nitrogens with one attached hydrogen (secondary N) is 1. The number of rotatable bonds is 5. The summed E-state index contributed by atoms with van der Waals surface area (Å²) in [6.07, 6.45) is 1.84. The summed E-state index contributed by atoms with van der Waals surface area (Å²) in [6, 6.07) is 7.80. The van der Waals surface area contributed by atoms with Gasteiger partial charge in [-0.1, -0.05) is 23.7 Å². The van der Waals surface area contributed by atoms with E-state index in [0.717, 1.165) is 31.7 Å². The minimum Gasteiger partial charge on any atom is -0.369 e. The molecular weight excluding hydrogens is 393 g/mol. The van der Waals surface area contributed by atoms with Crippen LogP contribution < -0.4 is 5.32 Å². The van der Waals surface area contributed by atoms with Crippen LogP contribution in [0.3, 0.4) is 0 Å². The lowest BCUT2D eigenvalue weighted by atomic mass is 10.4. The fraction of sp³-hybridized carbons (Fsp3) is 0.231. The minimum absolute atomic E-state index is 0.707. The Morgan fingerprint density at radius 3 is 2.89 bits per heavy atom. The van der Waals surface area contributed by atoms with Crippen LogP contribution in [0, 0.1) is 3.57 Å². The number of halogens is 2. The molecule has 2 aromatic rings. The molecule has 3 nitrogen and oxygen atoms in total. The molecule has 0 spiro atoms. The fourth-order valence-electron chi connectivity index (χ4n) is 1.47. The second-order valence-electron chi connectivity index (χ2n) is 3.73. The fourth-order valence-corrected chi connectivity index (χ4v) is 3.02. The van der Waals surface area contributed by atoms with Crippen LogP contribution in [-0.4, -0.2) is 16.5 Å². The highest BCUT2D eigenvalue weighted by atomic mass is 127. The Labute approximate surface area is 135 Å². The van der Waals surface area contributed by atoms with Crippen molar-refractivity contribution in [2.45, 2.75) is 17.6 Å². The maximum Gasteiger partial charge on any atom is 0.143 e. The SMILES string of the molecule is CCNc1nc(CSc2ccccc2Cl)ncc1I. The third-order valence-corrected chi connectivity index (χ3v) is 4.63. The number of hydrogen-bond acceptors (Lipinski definition) is 4. The molecule has 0 aliphatic heterocycles. The first-order chi connectivity index (χ1) is 9.20. The molecule has 19 heavy (non-hydrogen) atoms. The van der Waals surface area contributed by atoms with E-state index < -0.39 is 0 Å². The van der Waals surface area contributed by atoms with Gasteiger partial charge in [-0.3, -0.25) is 0 Å². The van der Waals surface area contributed by atoms with E-state index in [1.165, 1.54) is 0 Å². The van der Waals surface area contributed by atoms with E-state index >= 15 is 0 Å². The molecule has 0 fully saturated rings. The number of anilines is 1. The predicted octanol–water partition coefficient (Wildman–Crippen LogP) is 4.46. The summed E-state index contributed by atoms with van der Waals surface area (Å²) >= 11 is 10.00. The van der Waals surface area contributed by atoms with Crippen LogP contribution in [0.25, 0.3) is 0 Å². The third-order valence-electron chi connectivity index (χ3n) is 2.33. The quantitative estimate of drug-likeness (QED) is 0.589. The Balaban J connectivity index is 2.07. The normalized spacial score (nSPS) is 10.5. The predicted molar refractivity (Wildman–Crippen MR) is 89.9 cm³/mol. The molecular formula is C13H13ClIN3S. The second-order valence-corrected chi connectivity index (χ2v) is 6.32. The van der Waals surface area contributed by atoms with Crippen LogP contribution in [0.5, 0.6) is 0 Å². The highest BCUT2D eigenvalue weighted by molar-refractivity contribution is 14.1.